The number of sulfonamides is 1. The number of carbonyl (C=O) groups excluding carboxylic acids is 2. The third-order valence-corrected chi connectivity index (χ3v) is 6.76. The maximum atomic E-state index is 14.4. The molecular weight excluding hydrogens is 489 g/mol. The molecule has 9 nitrogen and oxygen atoms in total. The van der Waals surface area contributed by atoms with E-state index in [1.165, 1.54) is 56.4 Å². The number of hydrogen-bond donors (Lipinski definition) is 1. The van der Waals surface area contributed by atoms with Crippen molar-refractivity contribution in [1.82, 2.24) is 10.2 Å². The minimum Gasteiger partial charge on any atom is -0.497 e. The van der Waals surface area contributed by atoms with Crippen LogP contribution in [0.15, 0.2) is 42.5 Å². The fourth-order valence-corrected chi connectivity index (χ4v) is 4.37. The quantitative estimate of drug-likeness (QED) is 0.405. The second-order valence-electron chi connectivity index (χ2n) is 8.24. The van der Waals surface area contributed by atoms with Gasteiger partial charge in [-0.25, -0.2) is 12.8 Å². The predicted molar refractivity (Wildman–Crippen MR) is 136 cm³/mol. The van der Waals surface area contributed by atoms with Crippen LogP contribution in [0.25, 0.3) is 0 Å². The van der Waals surface area contributed by atoms with Gasteiger partial charge in [0, 0.05) is 24.7 Å². The lowest BCUT2D eigenvalue weighted by Gasteiger charge is -2.32. The standard InChI is InChI=1S/C25H34FN3O6S/c1-6-7-14-27-25(31)18(2)28(16-19-10-8-9-11-21(19)26)24(30)17-29(36(5,32)33)22-13-12-20(34-3)15-23(22)35-4/h8-13,15,18H,6-7,14,16-17H2,1-5H3,(H,27,31)/t18-/m1/s1. The van der Waals surface area contributed by atoms with E-state index in [9.17, 15) is 22.4 Å². The lowest BCUT2D eigenvalue weighted by atomic mass is 10.1. The van der Waals surface area contributed by atoms with Gasteiger partial charge in [0.05, 0.1) is 26.2 Å². The van der Waals surface area contributed by atoms with Gasteiger partial charge >= 0.3 is 0 Å². The monoisotopic (exact) mass is 523 g/mol. The molecule has 0 aliphatic rings. The van der Waals surface area contributed by atoms with E-state index < -0.39 is 40.2 Å². The number of benzene rings is 2. The highest BCUT2D eigenvalue weighted by molar-refractivity contribution is 7.92. The molecule has 11 heteroatoms. The van der Waals surface area contributed by atoms with E-state index in [1.807, 2.05) is 6.92 Å². The van der Waals surface area contributed by atoms with Crippen molar-refractivity contribution in [3.05, 3.63) is 53.8 Å². The maximum absolute atomic E-state index is 14.4. The zero-order valence-corrected chi connectivity index (χ0v) is 22.1. The van der Waals surface area contributed by atoms with Gasteiger partial charge in [-0.05, 0) is 31.5 Å². The number of amides is 2. The van der Waals surface area contributed by atoms with Crippen LogP contribution in [0.4, 0.5) is 10.1 Å². The smallest absolute Gasteiger partial charge is 0.244 e. The lowest BCUT2D eigenvalue weighted by Crippen LogP contribution is -2.51. The lowest BCUT2D eigenvalue weighted by molar-refractivity contribution is -0.139. The Morgan fingerprint density at radius 3 is 2.39 bits per heavy atom. The second kappa shape index (κ2) is 13.1. The molecule has 0 spiro atoms. The van der Waals surface area contributed by atoms with E-state index in [1.54, 1.807) is 12.1 Å². The van der Waals surface area contributed by atoms with Crippen LogP contribution in [0.1, 0.15) is 32.3 Å². The molecule has 2 aromatic rings. The number of nitrogens with one attached hydrogen (secondary N) is 1. The average Bonchev–Trinajstić information content (AvgIpc) is 2.85. The van der Waals surface area contributed by atoms with Crippen LogP contribution in [0, 0.1) is 5.82 Å². The molecule has 1 atom stereocenters. The summed E-state index contributed by atoms with van der Waals surface area (Å²) in [4.78, 5) is 27.5. The fourth-order valence-electron chi connectivity index (χ4n) is 3.51. The number of carbonyl (C=O) groups is 2. The minimum atomic E-state index is -3.95. The van der Waals surface area contributed by atoms with E-state index in [4.69, 9.17) is 9.47 Å². The SMILES string of the molecule is CCCCNC(=O)[C@@H](C)N(Cc1ccccc1F)C(=O)CN(c1ccc(OC)cc1OC)S(C)(=O)=O. The van der Waals surface area contributed by atoms with E-state index in [0.717, 1.165) is 23.4 Å². The number of methoxy groups -OCH3 is 2. The Hall–Kier alpha value is -3.34. The molecule has 2 rings (SSSR count). The molecule has 0 aromatic heterocycles. The predicted octanol–water partition coefficient (Wildman–Crippen LogP) is 2.94. The molecule has 0 radical (unpaired) electrons. The molecule has 0 saturated carbocycles. The van der Waals surface area contributed by atoms with Gasteiger partial charge in [0.2, 0.25) is 21.8 Å². The molecule has 0 saturated heterocycles. The Labute approximate surface area is 212 Å². The highest BCUT2D eigenvalue weighted by atomic mass is 32.2. The van der Waals surface area contributed by atoms with Crippen molar-refractivity contribution >= 4 is 27.5 Å². The van der Waals surface area contributed by atoms with Crippen LogP contribution in [-0.2, 0) is 26.2 Å². The van der Waals surface area contributed by atoms with Gasteiger partial charge in [-0.15, -0.1) is 0 Å². The van der Waals surface area contributed by atoms with Crippen molar-refractivity contribution in [3.63, 3.8) is 0 Å². The Balaban J connectivity index is 2.44. The maximum Gasteiger partial charge on any atom is 0.244 e. The molecule has 0 heterocycles. The molecule has 1 N–H and O–H groups in total. The number of unbranched alkanes of at least 4 members (excludes halogenated alkanes) is 1. The summed E-state index contributed by atoms with van der Waals surface area (Å²) < 4.78 is 51.3. The third kappa shape index (κ3) is 7.58. The van der Waals surface area contributed by atoms with Crippen molar-refractivity contribution in [2.24, 2.45) is 0 Å². The van der Waals surface area contributed by atoms with Gasteiger partial charge in [-0.1, -0.05) is 31.5 Å². The molecule has 0 bridgehead atoms. The van der Waals surface area contributed by atoms with E-state index in [0.29, 0.717) is 12.3 Å². The summed E-state index contributed by atoms with van der Waals surface area (Å²) in [6.45, 7) is 3.10. The number of hydrogen-bond acceptors (Lipinski definition) is 6. The summed E-state index contributed by atoms with van der Waals surface area (Å²) in [6.07, 6.45) is 2.60. The Morgan fingerprint density at radius 2 is 1.81 bits per heavy atom. The first-order valence-electron chi connectivity index (χ1n) is 11.5. The summed E-state index contributed by atoms with van der Waals surface area (Å²) >= 11 is 0. The largest absolute Gasteiger partial charge is 0.497 e. The second-order valence-corrected chi connectivity index (χ2v) is 10.1. The van der Waals surface area contributed by atoms with Crippen LogP contribution >= 0.6 is 0 Å². The molecule has 198 valence electrons. The zero-order valence-electron chi connectivity index (χ0n) is 21.3. The first-order valence-corrected chi connectivity index (χ1v) is 13.4. The van der Waals surface area contributed by atoms with Crippen LogP contribution in [0.2, 0.25) is 0 Å². The number of ether oxygens (including phenoxy) is 2. The van der Waals surface area contributed by atoms with Gasteiger partial charge < -0.3 is 19.7 Å². The van der Waals surface area contributed by atoms with Crippen molar-refractivity contribution in [2.75, 3.05) is 37.9 Å². The summed E-state index contributed by atoms with van der Waals surface area (Å²) in [5, 5.41) is 2.77. The third-order valence-electron chi connectivity index (χ3n) is 5.63. The molecule has 0 fully saturated rings. The van der Waals surface area contributed by atoms with Gasteiger partial charge in [0.25, 0.3) is 0 Å². The molecule has 2 amide bonds. The summed E-state index contributed by atoms with van der Waals surface area (Å²) in [5.74, 6) is -1.01. The summed E-state index contributed by atoms with van der Waals surface area (Å²) in [5.41, 5.74) is 0.326. The van der Waals surface area contributed by atoms with Gasteiger partial charge in [-0.3, -0.25) is 13.9 Å². The Bertz CT molecular complexity index is 1160. The molecular formula is C25H34FN3O6S. The molecule has 0 unspecified atom stereocenters. The summed E-state index contributed by atoms with van der Waals surface area (Å²) in [7, 11) is -1.13. The number of anilines is 1. The van der Waals surface area contributed by atoms with Crippen molar-refractivity contribution in [2.45, 2.75) is 39.3 Å². The van der Waals surface area contributed by atoms with E-state index in [2.05, 4.69) is 5.32 Å². The Morgan fingerprint density at radius 1 is 1.11 bits per heavy atom. The normalized spacial score (nSPS) is 11.9. The first-order chi connectivity index (χ1) is 17.0. The first kappa shape index (κ1) is 28.9. The Kier molecular flexibility index (Phi) is 10.5. The number of nitrogens with zero attached hydrogens (tertiary/aromatic N) is 2. The van der Waals surface area contributed by atoms with E-state index in [-0.39, 0.29) is 23.5 Å². The van der Waals surface area contributed by atoms with Crippen LogP contribution in [0.5, 0.6) is 11.5 Å². The van der Waals surface area contributed by atoms with Crippen molar-refractivity contribution < 1.29 is 31.9 Å². The summed E-state index contributed by atoms with van der Waals surface area (Å²) in [6, 6.07) is 9.44. The molecule has 0 aliphatic carbocycles. The van der Waals surface area contributed by atoms with Crippen LogP contribution < -0.4 is 19.1 Å². The fraction of sp³-hybridized carbons (Fsp3) is 0.440. The van der Waals surface area contributed by atoms with Crippen LogP contribution in [0.3, 0.4) is 0 Å². The van der Waals surface area contributed by atoms with E-state index >= 15 is 0 Å². The zero-order chi connectivity index (χ0) is 26.9. The van der Waals surface area contributed by atoms with Gasteiger partial charge in [0.15, 0.2) is 0 Å². The topological polar surface area (TPSA) is 105 Å². The highest BCUT2D eigenvalue weighted by Gasteiger charge is 2.31. The molecule has 2 aromatic carbocycles. The highest BCUT2D eigenvalue weighted by Crippen LogP contribution is 2.33. The number of rotatable bonds is 13. The molecule has 36 heavy (non-hydrogen) atoms. The van der Waals surface area contributed by atoms with Crippen molar-refractivity contribution in [3.8, 4) is 11.5 Å². The van der Waals surface area contributed by atoms with Gasteiger partial charge in [0.1, 0.15) is 29.9 Å². The average molecular weight is 524 g/mol. The number of halogens is 1. The minimum absolute atomic E-state index is 0.125. The molecule has 0 aliphatic heterocycles. The van der Waals surface area contributed by atoms with Crippen molar-refractivity contribution in [1.29, 1.82) is 0 Å². The van der Waals surface area contributed by atoms with Crippen LogP contribution in [-0.4, -0.2) is 64.7 Å². The van der Waals surface area contributed by atoms with Gasteiger partial charge in [-0.2, -0.15) is 0 Å².